The van der Waals surface area contributed by atoms with E-state index >= 15 is 0 Å². The van der Waals surface area contributed by atoms with Gasteiger partial charge in [-0.2, -0.15) is 0 Å². The summed E-state index contributed by atoms with van der Waals surface area (Å²) in [7, 11) is 0. The number of benzene rings is 2. The van der Waals surface area contributed by atoms with E-state index in [4.69, 9.17) is 4.74 Å². The maximum absolute atomic E-state index is 13.4. The molecule has 0 atom stereocenters. The summed E-state index contributed by atoms with van der Waals surface area (Å²) in [6, 6.07) is 18.4. The molecule has 7 heteroatoms. The van der Waals surface area contributed by atoms with Crippen LogP contribution in [0.2, 0.25) is 0 Å². The van der Waals surface area contributed by atoms with Crippen LogP contribution in [0, 0.1) is 0 Å². The molecule has 7 nitrogen and oxygen atoms in total. The van der Waals surface area contributed by atoms with Crippen molar-refractivity contribution in [2.45, 2.75) is 26.2 Å². The predicted octanol–water partition coefficient (Wildman–Crippen LogP) is 2.62. The molecule has 0 spiro atoms. The molecule has 2 aromatic carbocycles. The molecule has 0 aliphatic heterocycles. The molecule has 0 saturated carbocycles. The summed E-state index contributed by atoms with van der Waals surface area (Å²) < 4.78 is 8.72. The number of carbonyl (C=O) groups excluding carboxylic acids is 2. The molecule has 0 aliphatic rings. The molecule has 0 unspecified atom stereocenters. The van der Waals surface area contributed by atoms with Crippen LogP contribution in [0.3, 0.4) is 0 Å². The molecule has 0 aliphatic carbocycles. The van der Waals surface area contributed by atoms with Gasteiger partial charge in [-0.05, 0) is 37.1 Å². The Morgan fingerprint density at radius 2 is 1.59 bits per heavy atom. The third kappa shape index (κ3) is 4.45. The fraction of sp³-hybridized carbons (Fsp3) is 0.227. The van der Waals surface area contributed by atoms with Gasteiger partial charge in [-0.15, -0.1) is 0 Å². The zero-order valence-corrected chi connectivity index (χ0v) is 16.2. The van der Waals surface area contributed by atoms with E-state index in [1.165, 1.54) is 4.68 Å². The number of nitrogens with zero attached hydrogens (tertiary/aromatic N) is 2. The number of amides is 1. The third-order valence-corrected chi connectivity index (χ3v) is 4.42. The standard InChI is InChI=1S/C22H23N3O4/c1-2-3-14-19-21(28)24(17-10-6-4-7-11-17)25(18-12-8-5-9-13-18)22(19)29-20(27)15-23-16-26/h4-13,16H,2-3,14-15H2,1H3,(H,23,26). The molecule has 0 radical (unpaired) electrons. The highest BCUT2D eigenvalue weighted by Crippen LogP contribution is 2.26. The number of unbranched alkanes of at least 4 members (excludes halogenated alkanes) is 1. The fourth-order valence-electron chi connectivity index (χ4n) is 3.07. The lowest BCUT2D eigenvalue weighted by Gasteiger charge is -2.15. The van der Waals surface area contributed by atoms with Crippen molar-refractivity contribution in [2.24, 2.45) is 0 Å². The van der Waals surface area contributed by atoms with Gasteiger partial charge in [0, 0.05) is 0 Å². The van der Waals surface area contributed by atoms with E-state index in [1.807, 2.05) is 67.6 Å². The van der Waals surface area contributed by atoms with Crippen molar-refractivity contribution >= 4 is 12.4 Å². The first-order chi connectivity index (χ1) is 14.2. The van der Waals surface area contributed by atoms with Crippen LogP contribution in [0.1, 0.15) is 25.3 Å². The van der Waals surface area contributed by atoms with Gasteiger partial charge in [0.2, 0.25) is 12.3 Å². The molecule has 1 aromatic heterocycles. The van der Waals surface area contributed by atoms with Gasteiger partial charge < -0.3 is 10.1 Å². The van der Waals surface area contributed by atoms with Gasteiger partial charge in [-0.3, -0.25) is 9.59 Å². The number of esters is 1. The van der Waals surface area contributed by atoms with E-state index in [-0.39, 0.29) is 18.0 Å². The number of hydrogen-bond acceptors (Lipinski definition) is 4. The molecular weight excluding hydrogens is 370 g/mol. The van der Waals surface area contributed by atoms with Crippen molar-refractivity contribution in [1.29, 1.82) is 0 Å². The first-order valence-corrected chi connectivity index (χ1v) is 9.52. The maximum Gasteiger partial charge on any atom is 0.332 e. The Balaban J connectivity index is 2.23. The topological polar surface area (TPSA) is 82.3 Å². The molecule has 29 heavy (non-hydrogen) atoms. The van der Waals surface area contributed by atoms with E-state index in [0.717, 1.165) is 12.8 Å². The zero-order valence-electron chi connectivity index (χ0n) is 16.2. The number of carbonyl (C=O) groups is 2. The van der Waals surface area contributed by atoms with E-state index in [2.05, 4.69) is 5.32 Å². The minimum Gasteiger partial charge on any atom is -0.406 e. The monoisotopic (exact) mass is 393 g/mol. The second kappa shape index (κ2) is 9.54. The van der Waals surface area contributed by atoms with Gasteiger partial charge in [0.1, 0.15) is 6.54 Å². The lowest BCUT2D eigenvalue weighted by Crippen LogP contribution is -2.26. The van der Waals surface area contributed by atoms with Crippen LogP contribution in [-0.4, -0.2) is 28.3 Å². The number of para-hydroxylation sites is 2. The molecule has 0 bridgehead atoms. The van der Waals surface area contributed by atoms with Gasteiger partial charge >= 0.3 is 5.97 Å². The Kier molecular flexibility index (Phi) is 6.63. The maximum atomic E-state index is 13.4. The summed E-state index contributed by atoms with van der Waals surface area (Å²) in [4.78, 5) is 36.2. The van der Waals surface area contributed by atoms with Crippen LogP contribution in [0.25, 0.3) is 11.4 Å². The Morgan fingerprint density at radius 3 is 2.14 bits per heavy atom. The van der Waals surface area contributed by atoms with E-state index in [0.29, 0.717) is 29.8 Å². The largest absolute Gasteiger partial charge is 0.406 e. The van der Waals surface area contributed by atoms with Gasteiger partial charge in [0.15, 0.2) is 0 Å². The van der Waals surface area contributed by atoms with Crippen LogP contribution in [0.4, 0.5) is 0 Å². The SMILES string of the molecule is CCCCc1c(OC(=O)CNC=O)n(-c2ccccc2)n(-c2ccccc2)c1=O. The Hall–Kier alpha value is -3.61. The van der Waals surface area contributed by atoms with Crippen LogP contribution < -0.4 is 15.6 Å². The lowest BCUT2D eigenvalue weighted by atomic mass is 10.1. The van der Waals surface area contributed by atoms with Crippen LogP contribution in [0.15, 0.2) is 65.5 Å². The first kappa shape index (κ1) is 20.1. The normalized spacial score (nSPS) is 10.5. The highest BCUT2D eigenvalue weighted by Gasteiger charge is 2.25. The smallest absolute Gasteiger partial charge is 0.332 e. The number of aromatic nitrogens is 2. The summed E-state index contributed by atoms with van der Waals surface area (Å²) in [5.41, 5.74) is 1.54. The van der Waals surface area contributed by atoms with Crippen LogP contribution >= 0.6 is 0 Å². The summed E-state index contributed by atoms with van der Waals surface area (Å²) in [6.07, 6.45) is 2.58. The third-order valence-electron chi connectivity index (χ3n) is 4.42. The molecule has 0 fully saturated rings. The van der Waals surface area contributed by atoms with Crippen LogP contribution in [-0.2, 0) is 16.0 Å². The Bertz CT molecular complexity index is 1020. The highest BCUT2D eigenvalue weighted by atomic mass is 16.5. The molecule has 1 heterocycles. The number of hydrogen-bond donors (Lipinski definition) is 1. The van der Waals surface area contributed by atoms with Crippen molar-refractivity contribution in [1.82, 2.24) is 14.7 Å². The molecule has 1 N–H and O–H groups in total. The first-order valence-electron chi connectivity index (χ1n) is 9.52. The average molecular weight is 393 g/mol. The second-order valence-corrected chi connectivity index (χ2v) is 6.46. The van der Waals surface area contributed by atoms with Crippen molar-refractivity contribution < 1.29 is 14.3 Å². The molecule has 0 saturated heterocycles. The van der Waals surface area contributed by atoms with E-state index in [9.17, 15) is 14.4 Å². The minimum absolute atomic E-state index is 0.177. The summed E-state index contributed by atoms with van der Waals surface area (Å²) >= 11 is 0. The zero-order chi connectivity index (χ0) is 20.6. The number of rotatable bonds is 9. The van der Waals surface area contributed by atoms with Crippen LogP contribution in [0.5, 0.6) is 5.88 Å². The van der Waals surface area contributed by atoms with Gasteiger partial charge in [0.25, 0.3) is 5.56 Å². The molecular formula is C22H23N3O4. The summed E-state index contributed by atoms with van der Waals surface area (Å²) in [5.74, 6) is -0.471. The molecule has 3 rings (SSSR count). The molecule has 1 amide bonds. The summed E-state index contributed by atoms with van der Waals surface area (Å²) in [6.45, 7) is 1.75. The van der Waals surface area contributed by atoms with Crippen molar-refractivity contribution in [3.8, 4) is 17.3 Å². The van der Waals surface area contributed by atoms with Gasteiger partial charge in [-0.25, -0.2) is 14.2 Å². The van der Waals surface area contributed by atoms with Crippen molar-refractivity contribution in [3.05, 3.63) is 76.6 Å². The van der Waals surface area contributed by atoms with E-state index in [1.54, 1.807) is 4.68 Å². The van der Waals surface area contributed by atoms with Gasteiger partial charge in [0.05, 0.1) is 16.9 Å². The Morgan fingerprint density at radius 1 is 1.00 bits per heavy atom. The van der Waals surface area contributed by atoms with Crippen molar-refractivity contribution in [3.63, 3.8) is 0 Å². The van der Waals surface area contributed by atoms with E-state index < -0.39 is 5.97 Å². The second-order valence-electron chi connectivity index (χ2n) is 6.46. The fourth-order valence-corrected chi connectivity index (χ4v) is 3.07. The minimum atomic E-state index is -0.648. The van der Waals surface area contributed by atoms with Gasteiger partial charge in [-0.1, -0.05) is 49.7 Å². The number of nitrogens with one attached hydrogen (secondary N) is 1. The lowest BCUT2D eigenvalue weighted by molar-refractivity contribution is -0.134. The molecule has 150 valence electrons. The summed E-state index contributed by atoms with van der Waals surface area (Å²) in [5, 5.41) is 2.29. The quantitative estimate of drug-likeness (QED) is 0.448. The highest BCUT2D eigenvalue weighted by molar-refractivity contribution is 5.76. The Labute approximate surface area is 168 Å². The van der Waals surface area contributed by atoms with Crippen molar-refractivity contribution in [2.75, 3.05) is 6.54 Å². The predicted molar refractivity (Wildman–Crippen MR) is 110 cm³/mol. The molecule has 3 aromatic rings. The average Bonchev–Trinajstić information content (AvgIpc) is 3.03. The number of ether oxygens (including phenoxy) is 1.